The fraction of sp³-hybridized carbons (Fsp3) is 0.150. The minimum Gasteiger partial charge on any atom is -0.348 e. The molecule has 0 spiro atoms. The average Bonchev–Trinajstić information content (AvgIpc) is 3.15. The van der Waals surface area contributed by atoms with Crippen LogP contribution >= 0.6 is 0 Å². The molecule has 0 bridgehead atoms. The molecule has 1 aliphatic heterocycles. The van der Waals surface area contributed by atoms with Gasteiger partial charge in [-0.3, -0.25) is 0 Å². The molecule has 0 unspecified atom stereocenters. The summed E-state index contributed by atoms with van der Waals surface area (Å²) < 4.78 is 56.9. The monoisotopic (exact) mass is 389 g/mol. The molecule has 0 aliphatic carbocycles. The zero-order valence-corrected chi connectivity index (χ0v) is 14.5. The van der Waals surface area contributed by atoms with Gasteiger partial charge in [-0.05, 0) is 42.0 Å². The molecular formula is C20H15F4N3O. The van der Waals surface area contributed by atoms with Gasteiger partial charge in [0.05, 0.1) is 6.04 Å². The Labute approximate surface area is 158 Å². The number of hydrogen-bond acceptors (Lipinski definition) is 1. The maximum Gasteiger partial charge on any atom is 0.322 e. The Morgan fingerprint density at radius 2 is 1.64 bits per heavy atom. The third-order valence-electron chi connectivity index (χ3n) is 4.75. The number of rotatable bonds is 2. The van der Waals surface area contributed by atoms with Gasteiger partial charge in [0, 0.05) is 25.0 Å². The molecule has 1 aromatic heterocycles. The van der Waals surface area contributed by atoms with Crippen molar-refractivity contribution in [3.8, 4) is 0 Å². The van der Waals surface area contributed by atoms with Crippen molar-refractivity contribution < 1.29 is 22.4 Å². The molecule has 1 atom stereocenters. The quantitative estimate of drug-likeness (QED) is 0.635. The molecule has 4 rings (SSSR count). The van der Waals surface area contributed by atoms with Gasteiger partial charge in [-0.25, -0.2) is 22.4 Å². The average molecular weight is 389 g/mol. The van der Waals surface area contributed by atoms with Gasteiger partial charge in [-0.2, -0.15) is 0 Å². The number of amides is 2. The highest BCUT2D eigenvalue weighted by Gasteiger charge is 2.33. The van der Waals surface area contributed by atoms with Crippen molar-refractivity contribution >= 4 is 11.7 Å². The van der Waals surface area contributed by atoms with Crippen LogP contribution in [-0.2, 0) is 6.54 Å². The molecule has 8 heteroatoms. The van der Waals surface area contributed by atoms with Crippen molar-refractivity contribution in [1.29, 1.82) is 0 Å². The van der Waals surface area contributed by atoms with Crippen LogP contribution in [-0.4, -0.2) is 22.0 Å². The first-order chi connectivity index (χ1) is 13.5. The van der Waals surface area contributed by atoms with Gasteiger partial charge in [0.1, 0.15) is 17.3 Å². The molecule has 0 fully saturated rings. The van der Waals surface area contributed by atoms with Crippen molar-refractivity contribution in [3.05, 3.63) is 89.3 Å². The highest BCUT2D eigenvalue weighted by atomic mass is 19.2. The van der Waals surface area contributed by atoms with Crippen LogP contribution in [0.15, 0.2) is 54.7 Å². The molecule has 1 aliphatic rings. The smallest absolute Gasteiger partial charge is 0.322 e. The number of carbonyl (C=O) groups excluding carboxylic acids is 1. The highest BCUT2D eigenvalue weighted by molar-refractivity contribution is 5.90. The lowest BCUT2D eigenvalue weighted by Crippen LogP contribution is -2.44. The van der Waals surface area contributed by atoms with Crippen molar-refractivity contribution in [1.82, 2.24) is 9.47 Å². The summed E-state index contributed by atoms with van der Waals surface area (Å²) in [5.41, 5.74) is 0.474. The second-order valence-corrected chi connectivity index (χ2v) is 6.42. The lowest BCUT2D eigenvalue weighted by molar-refractivity contribution is 0.181. The van der Waals surface area contributed by atoms with Crippen LogP contribution in [0, 0.1) is 23.3 Å². The van der Waals surface area contributed by atoms with E-state index in [-0.39, 0.29) is 6.54 Å². The Morgan fingerprint density at radius 3 is 2.36 bits per heavy atom. The molecule has 1 N–H and O–H groups in total. The van der Waals surface area contributed by atoms with Gasteiger partial charge in [0.25, 0.3) is 0 Å². The third-order valence-corrected chi connectivity index (χ3v) is 4.75. The van der Waals surface area contributed by atoms with Gasteiger partial charge < -0.3 is 14.8 Å². The summed E-state index contributed by atoms with van der Waals surface area (Å²) in [6.07, 6.45) is 1.81. The first-order valence-corrected chi connectivity index (χ1v) is 8.57. The summed E-state index contributed by atoms with van der Waals surface area (Å²) in [5.74, 6) is -3.85. The van der Waals surface area contributed by atoms with Gasteiger partial charge in [-0.15, -0.1) is 0 Å². The maximum absolute atomic E-state index is 13.9. The van der Waals surface area contributed by atoms with E-state index in [2.05, 4.69) is 5.32 Å². The number of nitrogens with zero attached hydrogens (tertiary/aromatic N) is 2. The van der Waals surface area contributed by atoms with Crippen LogP contribution in [0.1, 0.15) is 17.3 Å². The molecule has 4 nitrogen and oxygen atoms in total. The van der Waals surface area contributed by atoms with Crippen LogP contribution in [0.4, 0.5) is 28.0 Å². The molecule has 0 radical (unpaired) electrons. The van der Waals surface area contributed by atoms with E-state index in [1.807, 2.05) is 10.8 Å². The van der Waals surface area contributed by atoms with E-state index in [0.717, 1.165) is 24.3 Å². The topological polar surface area (TPSA) is 37.3 Å². The van der Waals surface area contributed by atoms with Crippen LogP contribution in [0.25, 0.3) is 0 Å². The summed E-state index contributed by atoms with van der Waals surface area (Å²) >= 11 is 0. The Bertz CT molecular complexity index is 1030. The second-order valence-electron chi connectivity index (χ2n) is 6.42. The number of urea groups is 1. The SMILES string of the molecule is O=C(Nc1c(F)cccc1F)N1CCn2cccc2[C@H]1c1ccc(F)c(F)c1. The molecule has 0 saturated carbocycles. The Balaban J connectivity index is 1.72. The first-order valence-electron chi connectivity index (χ1n) is 8.57. The fourth-order valence-electron chi connectivity index (χ4n) is 3.43. The van der Waals surface area contributed by atoms with Crippen LogP contribution < -0.4 is 5.32 Å². The summed E-state index contributed by atoms with van der Waals surface area (Å²) in [4.78, 5) is 14.2. The van der Waals surface area contributed by atoms with E-state index in [4.69, 9.17) is 0 Å². The molecule has 144 valence electrons. The predicted octanol–water partition coefficient (Wildman–Crippen LogP) is 4.68. The minimum atomic E-state index is -1.04. The number of hydrogen-bond donors (Lipinski definition) is 1. The normalized spacial score (nSPS) is 16.0. The van der Waals surface area contributed by atoms with E-state index in [1.165, 1.54) is 17.0 Å². The molecule has 0 saturated heterocycles. The predicted molar refractivity (Wildman–Crippen MR) is 94.7 cm³/mol. The van der Waals surface area contributed by atoms with Gasteiger partial charge in [-0.1, -0.05) is 12.1 Å². The number of carbonyl (C=O) groups is 1. The number of fused-ring (bicyclic) bond motifs is 1. The molecule has 28 heavy (non-hydrogen) atoms. The molecule has 2 amide bonds. The highest BCUT2D eigenvalue weighted by Crippen LogP contribution is 2.34. The van der Waals surface area contributed by atoms with Crippen molar-refractivity contribution in [2.75, 3.05) is 11.9 Å². The van der Waals surface area contributed by atoms with Crippen molar-refractivity contribution in [2.24, 2.45) is 0 Å². The Kier molecular flexibility index (Phi) is 4.54. The molecular weight excluding hydrogens is 374 g/mol. The van der Waals surface area contributed by atoms with E-state index in [9.17, 15) is 22.4 Å². The van der Waals surface area contributed by atoms with Gasteiger partial charge >= 0.3 is 6.03 Å². The number of nitrogens with one attached hydrogen (secondary N) is 1. The third kappa shape index (κ3) is 3.11. The summed E-state index contributed by atoms with van der Waals surface area (Å²) in [6, 6.07) is 8.70. The number of benzene rings is 2. The molecule has 2 heterocycles. The number of aromatic nitrogens is 1. The Morgan fingerprint density at radius 1 is 0.893 bits per heavy atom. The van der Waals surface area contributed by atoms with Crippen LogP contribution in [0.2, 0.25) is 0 Å². The molecule has 2 aromatic carbocycles. The van der Waals surface area contributed by atoms with E-state index in [0.29, 0.717) is 17.8 Å². The zero-order valence-electron chi connectivity index (χ0n) is 14.5. The van der Waals surface area contributed by atoms with Gasteiger partial charge in [0.2, 0.25) is 0 Å². The lowest BCUT2D eigenvalue weighted by Gasteiger charge is -2.37. The minimum absolute atomic E-state index is 0.216. The van der Waals surface area contributed by atoms with Crippen LogP contribution in [0.3, 0.4) is 0 Å². The van der Waals surface area contributed by atoms with E-state index in [1.54, 1.807) is 12.1 Å². The number of para-hydroxylation sites is 1. The Hall–Kier alpha value is -3.29. The largest absolute Gasteiger partial charge is 0.348 e. The van der Waals surface area contributed by atoms with Crippen LogP contribution in [0.5, 0.6) is 0 Å². The molecule has 3 aromatic rings. The number of halogens is 4. The zero-order chi connectivity index (χ0) is 19.8. The maximum atomic E-state index is 13.9. The first kappa shape index (κ1) is 18.1. The lowest BCUT2D eigenvalue weighted by atomic mass is 10.00. The fourth-order valence-corrected chi connectivity index (χ4v) is 3.43. The summed E-state index contributed by atoms with van der Waals surface area (Å²) in [6.45, 7) is 0.670. The summed E-state index contributed by atoms with van der Waals surface area (Å²) in [7, 11) is 0. The summed E-state index contributed by atoms with van der Waals surface area (Å²) in [5, 5.41) is 2.26. The number of anilines is 1. The van der Waals surface area contributed by atoms with E-state index < -0.39 is 41.0 Å². The van der Waals surface area contributed by atoms with E-state index >= 15 is 0 Å². The van der Waals surface area contributed by atoms with Gasteiger partial charge in [0.15, 0.2) is 11.6 Å². The standard InChI is InChI=1S/C20H15F4N3O/c21-13-7-6-12(11-16(13)24)19-17-5-2-8-26(17)9-10-27(19)20(28)25-18-14(22)3-1-4-15(18)23/h1-8,11,19H,9-10H2,(H,25,28)/t19-/m1/s1. The van der Waals surface area contributed by atoms with Crippen molar-refractivity contribution in [2.45, 2.75) is 12.6 Å². The van der Waals surface area contributed by atoms with Crippen molar-refractivity contribution in [3.63, 3.8) is 0 Å². The second kappa shape index (κ2) is 7.03.